The normalized spacial score (nSPS) is 23.9. The van der Waals surface area contributed by atoms with Crippen molar-refractivity contribution >= 4 is 22.5 Å². The molecule has 0 spiro atoms. The average Bonchev–Trinajstić information content (AvgIpc) is 3.59. The minimum absolute atomic E-state index is 0.0373. The molecule has 6 heterocycles. The van der Waals surface area contributed by atoms with Crippen LogP contribution in [0.2, 0.25) is 0 Å². The second-order valence-electron chi connectivity index (χ2n) is 12.0. The van der Waals surface area contributed by atoms with Crippen LogP contribution in [0.4, 0.5) is 29.2 Å². The summed E-state index contributed by atoms with van der Waals surface area (Å²) >= 11 is 0. The van der Waals surface area contributed by atoms with Crippen molar-refractivity contribution in [2.24, 2.45) is 0 Å². The van der Waals surface area contributed by atoms with E-state index in [1.165, 1.54) is 13.0 Å². The standard InChI is InChI=1S/C29H33F4N7O/c1-16-12-21(34)36-24(22(16)29(31,32)33)19-6-7-20-25(23(19)30)37-27(41-15-28-8-2-10-40(28)11-3-9-28)38-26(20)39-13-17-4-5-18(14-39)35-17/h6-7,12,17-18,35H,2-5,8-11,13-15H2,1H3,(H2,34,36). The Morgan fingerprint density at radius 1 is 1.07 bits per heavy atom. The SMILES string of the molecule is Cc1cc(N)nc(-c2ccc3c(N4CC5CCC(C4)N5)nc(OCC45CCCN4CCC5)nc3c2F)c1C(F)(F)F. The summed E-state index contributed by atoms with van der Waals surface area (Å²) in [6.07, 6.45) is 1.59. The van der Waals surface area contributed by atoms with Crippen LogP contribution in [0.25, 0.3) is 22.2 Å². The van der Waals surface area contributed by atoms with Gasteiger partial charge in [-0.1, -0.05) is 0 Å². The molecule has 7 rings (SSSR count). The zero-order valence-electron chi connectivity index (χ0n) is 22.9. The maximum atomic E-state index is 16.4. The number of pyridine rings is 1. The zero-order valence-corrected chi connectivity index (χ0v) is 22.9. The zero-order chi connectivity index (χ0) is 28.5. The molecule has 0 radical (unpaired) electrons. The van der Waals surface area contributed by atoms with Gasteiger partial charge in [0, 0.05) is 36.1 Å². The number of aryl methyl sites for hydroxylation is 1. The summed E-state index contributed by atoms with van der Waals surface area (Å²) in [5.41, 5.74) is 3.66. The van der Waals surface area contributed by atoms with Crippen molar-refractivity contribution in [1.82, 2.24) is 25.2 Å². The monoisotopic (exact) mass is 571 g/mol. The Hall–Kier alpha value is -3.25. The highest BCUT2D eigenvalue weighted by atomic mass is 19.4. The van der Waals surface area contributed by atoms with Crippen LogP contribution in [-0.4, -0.2) is 70.3 Å². The Kier molecular flexibility index (Phi) is 6.27. The predicted molar refractivity (Wildman–Crippen MR) is 147 cm³/mol. The topological polar surface area (TPSA) is 92.4 Å². The molecule has 3 N–H and O–H groups in total. The fraction of sp³-hybridized carbons (Fsp3) is 0.552. The van der Waals surface area contributed by atoms with E-state index < -0.39 is 23.3 Å². The molecular formula is C29H33F4N7O. The largest absolute Gasteiger partial charge is 0.461 e. The second kappa shape index (κ2) is 9.65. The minimum Gasteiger partial charge on any atom is -0.461 e. The molecule has 4 aliphatic rings. The molecule has 12 heteroatoms. The molecule has 8 nitrogen and oxygen atoms in total. The molecule has 4 fully saturated rings. The van der Waals surface area contributed by atoms with Gasteiger partial charge in [0.2, 0.25) is 0 Å². The molecular weight excluding hydrogens is 538 g/mol. The molecule has 2 bridgehead atoms. The van der Waals surface area contributed by atoms with Crippen molar-refractivity contribution in [1.29, 1.82) is 0 Å². The van der Waals surface area contributed by atoms with E-state index in [-0.39, 0.29) is 34.0 Å². The smallest absolute Gasteiger partial charge is 0.418 e. The van der Waals surface area contributed by atoms with Crippen molar-refractivity contribution < 1.29 is 22.3 Å². The van der Waals surface area contributed by atoms with Gasteiger partial charge < -0.3 is 20.7 Å². The van der Waals surface area contributed by atoms with Crippen molar-refractivity contribution in [2.75, 3.05) is 43.4 Å². The molecule has 0 amide bonds. The van der Waals surface area contributed by atoms with Gasteiger partial charge in [0.15, 0.2) is 5.82 Å². The third kappa shape index (κ3) is 4.55. The van der Waals surface area contributed by atoms with Gasteiger partial charge in [0.25, 0.3) is 0 Å². The van der Waals surface area contributed by atoms with Crippen molar-refractivity contribution in [3.05, 3.63) is 35.1 Å². The summed E-state index contributed by atoms with van der Waals surface area (Å²) < 4.78 is 65.0. The molecule has 41 heavy (non-hydrogen) atoms. The van der Waals surface area contributed by atoms with Gasteiger partial charge in [-0.15, -0.1) is 0 Å². The number of nitrogens with two attached hydrogens (primary N) is 1. The molecule has 218 valence electrons. The summed E-state index contributed by atoms with van der Waals surface area (Å²) in [6, 6.07) is 4.69. The second-order valence-corrected chi connectivity index (χ2v) is 12.0. The maximum absolute atomic E-state index is 16.4. The molecule has 4 aliphatic heterocycles. The van der Waals surface area contributed by atoms with E-state index in [0.29, 0.717) is 43.0 Å². The van der Waals surface area contributed by atoms with Crippen LogP contribution in [-0.2, 0) is 6.18 Å². The number of ether oxygens (including phenoxy) is 1. The van der Waals surface area contributed by atoms with Gasteiger partial charge in [-0.3, -0.25) is 4.90 Å². The van der Waals surface area contributed by atoms with E-state index in [1.54, 1.807) is 6.07 Å². The number of nitrogens with one attached hydrogen (secondary N) is 1. The molecule has 0 saturated carbocycles. The number of piperazine rings is 1. The quantitative estimate of drug-likeness (QED) is 0.427. The number of anilines is 2. The Morgan fingerprint density at radius 3 is 2.46 bits per heavy atom. The molecule has 1 aromatic carbocycles. The van der Waals surface area contributed by atoms with Gasteiger partial charge in [0.1, 0.15) is 23.8 Å². The van der Waals surface area contributed by atoms with E-state index in [1.807, 2.05) is 0 Å². The first kappa shape index (κ1) is 26.6. The number of alkyl halides is 3. The molecule has 2 unspecified atom stereocenters. The lowest BCUT2D eigenvalue weighted by Crippen LogP contribution is -2.51. The fourth-order valence-electron chi connectivity index (χ4n) is 7.49. The summed E-state index contributed by atoms with van der Waals surface area (Å²) in [4.78, 5) is 17.8. The van der Waals surface area contributed by atoms with Crippen LogP contribution in [0.5, 0.6) is 6.01 Å². The Balaban J connectivity index is 1.35. The number of halogens is 4. The van der Waals surface area contributed by atoms with E-state index in [4.69, 9.17) is 15.5 Å². The Labute approximate surface area is 235 Å². The predicted octanol–water partition coefficient (Wildman–Crippen LogP) is 4.69. The van der Waals surface area contributed by atoms with Crippen LogP contribution >= 0.6 is 0 Å². The fourth-order valence-corrected chi connectivity index (χ4v) is 7.49. The van der Waals surface area contributed by atoms with E-state index >= 15 is 4.39 Å². The van der Waals surface area contributed by atoms with Crippen molar-refractivity contribution in [3.8, 4) is 17.3 Å². The molecule has 2 atom stereocenters. The van der Waals surface area contributed by atoms with Gasteiger partial charge in [-0.05, 0) is 82.3 Å². The number of nitrogens with zero attached hydrogens (tertiary/aromatic N) is 5. The van der Waals surface area contributed by atoms with Crippen molar-refractivity contribution in [3.63, 3.8) is 0 Å². The molecule has 2 aromatic heterocycles. The van der Waals surface area contributed by atoms with Gasteiger partial charge in [0.05, 0.1) is 16.8 Å². The summed E-state index contributed by atoms with van der Waals surface area (Å²) in [7, 11) is 0. The first-order chi connectivity index (χ1) is 19.6. The van der Waals surface area contributed by atoms with E-state index in [9.17, 15) is 13.2 Å². The third-order valence-electron chi connectivity index (χ3n) is 9.34. The van der Waals surface area contributed by atoms with Crippen LogP contribution in [0, 0.1) is 12.7 Å². The summed E-state index contributed by atoms with van der Waals surface area (Å²) in [5.74, 6) is -0.488. The number of nitrogen functional groups attached to an aromatic ring is 1. The Morgan fingerprint density at radius 2 is 1.78 bits per heavy atom. The van der Waals surface area contributed by atoms with Crippen LogP contribution in [0.1, 0.15) is 49.7 Å². The van der Waals surface area contributed by atoms with Crippen LogP contribution in [0.15, 0.2) is 18.2 Å². The lowest BCUT2D eigenvalue weighted by atomic mass is 9.95. The third-order valence-corrected chi connectivity index (χ3v) is 9.34. The lowest BCUT2D eigenvalue weighted by Gasteiger charge is -2.34. The number of hydrogen-bond acceptors (Lipinski definition) is 8. The van der Waals surface area contributed by atoms with Crippen LogP contribution < -0.4 is 20.7 Å². The average molecular weight is 572 g/mol. The van der Waals surface area contributed by atoms with Gasteiger partial charge >= 0.3 is 12.2 Å². The number of aromatic nitrogens is 3. The minimum atomic E-state index is -4.75. The lowest BCUT2D eigenvalue weighted by molar-refractivity contribution is -0.137. The number of rotatable bonds is 5. The van der Waals surface area contributed by atoms with E-state index in [2.05, 4.69) is 25.1 Å². The maximum Gasteiger partial charge on any atom is 0.418 e. The number of benzene rings is 1. The number of hydrogen-bond donors (Lipinski definition) is 2. The highest BCUT2D eigenvalue weighted by Gasteiger charge is 2.45. The highest BCUT2D eigenvalue weighted by Crippen LogP contribution is 2.43. The Bertz CT molecular complexity index is 1490. The van der Waals surface area contributed by atoms with Crippen molar-refractivity contribution in [2.45, 2.75) is 69.2 Å². The van der Waals surface area contributed by atoms with Gasteiger partial charge in [-0.2, -0.15) is 23.1 Å². The first-order valence-electron chi connectivity index (χ1n) is 14.4. The summed E-state index contributed by atoms with van der Waals surface area (Å²) in [6.45, 7) is 5.13. The number of fused-ring (bicyclic) bond motifs is 4. The molecule has 0 aliphatic carbocycles. The first-order valence-corrected chi connectivity index (χ1v) is 14.4. The highest BCUT2D eigenvalue weighted by molar-refractivity contribution is 5.93. The molecule has 3 aromatic rings. The van der Waals surface area contributed by atoms with Gasteiger partial charge in [-0.25, -0.2) is 9.37 Å². The van der Waals surface area contributed by atoms with Crippen LogP contribution in [0.3, 0.4) is 0 Å². The summed E-state index contributed by atoms with van der Waals surface area (Å²) in [5, 5.41) is 4.02. The van der Waals surface area contributed by atoms with E-state index in [0.717, 1.165) is 57.7 Å². The molecule has 4 saturated heterocycles.